The summed E-state index contributed by atoms with van der Waals surface area (Å²) in [6.07, 6.45) is 4.80. The number of aryl methyl sites for hydroxylation is 2. The number of aromatic nitrogens is 2. The van der Waals surface area contributed by atoms with Gasteiger partial charge in [0.2, 0.25) is 0 Å². The van der Waals surface area contributed by atoms with Crippen LogP contribution < -0.4 is 0 Å². The van der Waals surface area contributed by atoms with E-state index in [1.807, 2.05) is 31.6 Å². The SMILES string of the molecule is Cc1ccccc1[C@@H]1CN(CCc2cnn(C)c2)C[C@H]1C(=O)O. The maximum absolute atomic E-state index is 11.7. The number of nitrogens with zero attached hydrogens (tertiary/aromatic N) is 3. The molecular formula is C18H23N3O2. The predicted molar refractivity (Wildman–Crippen MR) is 88.4 cm³/mol. The highest BCUT2D eigenvalue weighted by molar-refractivity contribution is 5.72. The van der Waals surface area contributed by atoms with Crippen molar-refractivity contribution < 1.29 is 9.90 Å². The number of benzene rings is 1. The largest absolute Gasteiger partial charge is 0.481 e. The van der Waals surface area contributed by atoms with Gasteiger partial charge < -0.3 is 10.0 Å². The van der Waals surface area contributed by atoms with Crippen molar-refractivity contribution in [1.29, 1.82) is 0 Å². The van der Waals surface area contributed by atoms with Crippen molar-refractivity contribution in [1.82, 2.24) is 14.7 Å². The van der Waals surface area contributed by atoms with Crippen molar-refractivity contribution in [3.8, 4) is 0 Å². The molecule has 1 aromatic carbocycles. The van der Waals surface area contributed by atoms with Gasteiger partial charge in [0.25, 0.3) is 0 Å². The highest BCUT2D eigenvalue weighted by Crippen LogP contribution is 2.34. The molecule has 0 saturated carbocycles. The van der Waals surface area contributed by atoms with Gasteiger partial charge >= 0.3 is 5.97 Å². The van der Waals surface area contributed by atoms with Crippen LogP contribution in [0.3, 0.4) is 0 Å². The summed E-state index contributed by atoms with van der Waals surface area (Å²) in [5.74, 6) is -0.949. The molecule has 2 atom stereocenters. The number of hydrogen-bond donors (Lipinski definition) is 1. The number of carboxylic acids is 1. The van der Waals surface area contributed by atoms with Gasteiger partial charge in [0, 0.05) is 38.8 Å². The minimum atomic E-state index is -0.692. The third-order valence-electron chi connectivity index (χ3n) is 4.78. The van der Waals surface area contributed by atoms with E-state index >= 15 is 0 Å². The molecule has 1 aliphatic rings. The molecule has 0 amide bonds. The monoisotopic (exact) mass is 313 g/mol. The molecule has 2 heterocycles. The Balaban J connectivity index is 1.71. The van der Waals surface area contributed by atoms with E-state index in [4.69, 9.17) is 0 Å². The number of carboxylic acid groups (broad SMARTS) is 1. The Morgan fingerprint density at radius 1 is 1.35 bits per heavy atom. The van der Waals surface area contributed by atoms with Crippen LogP contribution in [0.25, 0.3) is 0 Å². The van der Waals surface area contributed by atoms with Crippen LogP contribution in [0, 0.1) is 12.8 Å². The molecule has 2 aromatic rings. The summed E-state index contributed by atoms with van der Waals surface area (Å²) in [5.41, 5.74) is 3.54. The van der Waals surface area contributed by atoms with Crippen LogP contribution in [0.2, 0.25) is 0 Å². The zero-order valence-corrected chi connectivity index (χ0v) is 13.6. The maximum atomic E-state index is 11.7. The fourth-order valence-electron chi connectivity index (χ4n) is 3.52. The highest BCUT2D eigenvalue weighted by atomic mass is 16.4. The summed E-state index contributed by atoms with van der Waals surface area (Å²) in [6.45, 7) is 4.36. The maximum Gasteiger partial charge on any atom is 0.308 e. The van der Waals surface area contributed by atoms with E-state index in [2.05, 4.69) is 29.1 Å². The smallest absolute Gasteiger partial charge is 0.308 e. The zero-order valence-electron chi connectivity index (χ0n) is 13.6. The fraction of sp³-hybridized carbons (Fsp3) is 0.444. The molecule has 5 nitrogen and oxygen atoms in total. The lowest BCUT2D eigenvalue weighted by Crippen LogP contribution is -2.25. The molecule has 1 saturated heterocycles. The third kappa shape index (κ3) is 3.45. The molecule has 122 valence electrons. The minimum absolute atomic E-state index is 0.0719. The van der Waals surface area contributed by atoms with Crippen molar-refractivity contribution in [2.24, 2.45) is 13.0 Å². The van der Waals surface area contributed by atoms with Crippen molar-refractivity contribution in [3.05, 3.63) is 53.3 Å². The van der Waals surface area contributed by atoms with E-state index in [1.165, 1.54) is 16.7 Å². The normalized spacial score (nSPS) is 21.7. The first-order chi connectivity index (χ1) is 11.0. The standard InChI is InChI=1S/C18H23N3O2/c1-13-5-3-4-6-15(13)16-11-21(12-17(16)18(22)23)8-7-14-9-19-20(2)10-14/h3-6,9-10,16-17H,7-8,11-12H2,1-2H3,(H,22,23)/t16-,17+/m0/s1. The van der Waals surface area contributed by atoms with Crippen LogP contribution in [0.4, 0.5) is 0 Å². The molecule has 0 aliphatic carbocycles. The molecule has 23 heavy (non-hydrogen) atoms. The van der Waals surface area contributed by atoms with Gasteiger partial charge in [-0.25, -0.2) is 0 Å². The Bertz CT molecular complexity index is 695. The van der Waals surface area contributed by atoms with Crippen molar-refractivity contribution in [2.75, 3.05) is 19.6 Å². The molecule has 5 heteroatoms. The second kappa shape index (κ2) is 6.54. The van der Waals surface area contributed by atoms with Crippen LogP contribution in [0.5, 0.6) is 0 Å². The Hall–Kier alpha value is -2.14. The van der Waals surface area contributed by atoms with Crippen LogP contribution in [0.1, 0.15) is 22.6 Å². The predicted octanol–water partition coefficient (Wildman–Crippen LogP) is 2.07. The Kier molecular flexibility index (Phi) is 4.48. The Morgan fingerprint density at radius 3 is 2.78 bits per heavy atom. The van der Waals surface area contributed by atoms with E-state index in [0.29, 0.717) is 6.54 Å². The molecule has 0 unspecified atom stereocenters. The summed E-state index contributed by atoms with van der Waals surface area (Å²) in [5, 5.41) is 13.8. The van der Waals surface area contributed by atoms with Gasteiger partial charge in [0.1, 0.15) is 0 Å². The van der Waals surface area contributed by atoms with E-state index in [1.54, 1.807) is 4.68 Å². The van der Waals surface area contributed by atoms with Gasteiger partial charge in [-0.3, -0.25) is 9.48 Å². The van der Waals surface area contributed by atoms with Crippen molar-refractivity contribution >= 4 is 5.97 Å². The zero-order chi connectivity index (χ0) is 16.4. The summed E-state index contributed by atoms with van der Waals surface area (Å²) < 4.78 is 1.80. The first-order valence-electron chi connectivity index (χ1n) is 8.03. The molecule has 0 bridgehead atoms. The summed E-state index contributed by atoms with van der Waals surface area (Å²) in [7, 11) is 1.91. The van der Waals surface area contributed by atoms with E-state index in [0.717, 1.165) is 19.5 Å². The van der Waals surface area contributed by atoms with E-state index in [9.17, 15) is 9.90 Å². The lowest BCUT2D eigenvalue weighted by molar-refractivity contribution is -0.141. The second-order valence-electron chi connectivity index (χ2n) is 6.44. The average Bonchev–Trinajstić information content (AvgIpc) is 3.12. The Labute approximate surface area is 136 Å². The molecule has 0 radical (unpaired) electrons. The average molecular weight is 313 g/mol. The van der Waals surface area contributed by atoms with Gasteiger partial charge in [-0.15, -0.1) is 0 Å². The van der Waals surface area contributed by atoms with Crippen molar-refractivity contribution in [2.45, 2.75) is 19.3 Å². The molecule has 1 N–H and O–H groups in total. The van der Waals surface area contributed by atoms with Gasteiger partial charge in [-0.1, -0.05) is 24.3 Å². The van der Waals surface area contributed by atoms with Crippen LogP contribution >= 0.6 is 0 Å². The van der Waals surface area contributed by atoms with Gasteiger partial charge in [0.05, 0.1) is 12.1 Å². The number of hydrogen-bond acceptors (Lipinski definition) is 3. The van der Waals surface area contributed by atoms with Gasteiger partial charge in [-0.2, -0.15) is 5.10 Å². The minimum Gasteiger partial charge on any atom is -0.481 e. The number of likely N-dealkylation sites (tertiary alicyclic amines) is 1. The molecule has 1 fully saturated rings. The van der Waals surface area contributed by atoms with E-state index in [-0.39, 0.29) is 11.8 Å². The molecular weight excluding hydrogens is 290 g/mol. The molecule has 3 rings (SSSR count). The van der Waals surface area contributed by atoms with Crippen LogP contribution in [-0.2, 0) is 18.3 Å². The summed E-state index contributed by atoms with van der Waals surface area (Å²) in [6, 6.07) is 8.14. The van der Waals surface area contributed by atoms with E-state index < -0.39 is 5.97 Å². The number of rotatable bonds is 5. The second-order valence-corrected chi connectivity index (χ2v) is 6.44. The van der Waals surface area contributed by atoms with Gasteiger partial charge in [0.15, 0.2) is 0 Å². The van der Waals surface area contributed by atoms with Crippen LogP contribution in [-0.4, -0.2) is 45.4 Å². The molecule has 1 aliphatic heterocycles. The quantitative estimate of drug-likeness (QED) is 0.918. The lowest BCUT2D eigenvalue weighted by Gasteiger charge is -2.17. The van der Waals surface area contributed by atoms with Crippen LogP contribution in [0.15, 0.2) is 36.7 Å². The topological polar surface area (TPSA) is 58.4 Å². The fourth-order valence-corrected chi connectivity index (χ4v) is 3.52. The summed E-state index contributed by atoms with van der Waals surface area (Å²) in [4.78, 5) is 13.9. The molecule has 1 aromatic heterocycles. The number of aliphatic carboxylic acids is 1. The first-order valence-corrected chi connectivity index (χ1v) is 8.03. The highest BCUT2D eigenvalue weighted by Gasteiger charge is 2.38. The first kappa shape index (κ1) is 15.7. The number of carbonyl (C=O) groups is 1. The van der Waals surface area contributed by atoms with Crippen molar-refractivity contribution in [3.63, 3.8) is 0 Å². The third-order valence-corrected chi connectivity index (χ3v) is 4.78. The lowest BCUT2D eigenvalue weighted by atomic mass is 9.86. The summed E-state index contributed by atoms with van der Waals surface area (Å²) >= 11 is 0. The molecule has 0 spiro atoms. The Morgan fingerprint density at radius 2 is 2.13 bits per heavy atom. The van der Waals surface area contributed by atoms with Gasteiger partial charge in [-0.05, 0) is 30.0 Å².